The molecule has 138 valence electrons. The predicted octanol–water partition coefficient (Wildman–Crippen LogP) is 2.85. The van der Waals surface area contributed by atoms with Gasteiger partial charge in [-0.1, -0.05) is 0 Å². The molecule has 0 spiro atoms. The lowest BCUT2D eigenvalue weighted by Gasteiger charge is -2.39. The van der Waals surface area contributed by atoms with Gasteiger partial charge in [-0.2, -0.15) is 8.78 Å². The van der Waals surface area contributed by atoms with Gasteiger partial charge in [0.1, 0.15) is 5.75 Å². The highest BCUT2D eigenvalue weighted by atomic mass is 19.3. The maximum atomic E-state index is 12.5. The number of hydrogen-bond acceptors (Lipinski definition) is 4. The number of amides is 1. The van der Waals surface area contributed by atoms with Crippen molar-refractivity contribution >= 4 is 5.91 Å². The number of carbonyl (C=O) groups excluding carboxylic acids is 1. The first-order chi connectivity index (χ1) is 12.1. The number of ether oxygens (including phenoxy) is 3. The van der Waals surface area contributed by atoms with Crippen LogP contribution in [0.3, 0.4) is 0 Å². The molecule has 0 bridgehead atoms. The second kappa shape index (κ2) is 8.58. The van der Waals surface area contributed by atoms with Crippen LogP contribution in [0.15, 0.2) is 24.3 Å². The van der Waals surface area contributed by atoms with E-state index in [0.717, 1.165) is 32.5 Å². The van der Waals surface area contributed by atoms with Crippen molar-refractivity contribution < 1.29 is 27.8 Å². The average molecular weight is 355 g/mol. The molecule has 2 fully saturated rings. The van der Waals surface area contributed by atoms with Crippen molar-refractivity contribution in [1.29, 1.82) is 0 Å². The molecule has 1 aromatic carbocycles. The van der Waals surface area contributed by atoms with Crippen molar-refractivity contribution in [2.45, 2.75) is 31.9 Å². The Bertz CT molecular complexity index is 561. The zero-order chi connectivity index (χ0) is 17.6. The van der Waals surface area contributed by atoms with E-state index >= 15 is 0 Å². The summed E-state index contributed by atoms with van der Waals surface area (Å²) in [5, 5.41) is 3.09. The molecule has 0 unspecified atom stereocenters. The van der Waals surface area contributed by atoms with E-state index in [1.807, 2.05) is 0 Å². The maximum Gasteiger partial charge on any atom is 0.387 e. The summed E-state index contributed by atoms with van der Waals surface area (Å²) < 4.78 is 39.7. The summed E-state index contributed by atoms with van der Waals surface area (Å²) in [6, 6.07) is 5.80. The standard InChI is InChI=1S/C18H23F2NO4/c19-18(20)25-14-3-1-13(2-4-14)17(22)21-16-7-10-24-11-15(16)12-5-8-23-9-6-12/h1-4,12,15-16,18H,5-11H2,(H,21,22)/t15-,16-/m0/s1. The van der Waals surface area contributed by atoms with Crippen molar-refractivity contribution in [3.63, 3.8) is 0 Å². The lowest BCUT2D eigenvalue weighted by Crippen LogP contribution is -2.49. The maximum absolute atomic E-state index is 12.5. The van der Waals surface area contributed by atoms with Crippen LogP contribution >= 0.6 is 0 Å². The molecule has 1 N–H and O–H groups in total. The molecule has 0 radical (unpaired) electrons. The molecule has 0 aliphatic carbocycles. The fourth-order valence-corrected chi connectivity index (χ4v) is 3.59. The molecule has 25 heavy (non-hydrogen) atoms. The first-order valence-electron chi connectivity index (χ1n) is 8.64. The Morgan fingerprint density at radius 2 is 1.76 bits per heavy atom. The normalized spacial score (nSPS) is 24.9. The van der Waals surface area contributed by atoms with Gasteiger partial charge in [0.2, 0.25) is 0 Å². The molecule has 3 rings (SSSR count). The number of rotatable bonds is 5. The van der Waals surface area contributed by atoms with Crippen molar-refractivity contribution in [3.8, 4) is 5.75 Å². The molecule has 2 aliphatic rings. The van der Waals surface area contributed by atoms with Gasteiger partial charge in [0, 0.05) is 37.3 Å². The van der Waals surface area contributed by atoms with Crippen LogP contribution in [-0.4, -0.2) is 45.0 Å². The molecule has 1 amide bonds. The fraction of sp³-hybridized carbons (Fsp3) is 0.611. The van der Waals surface area contributed by atoms with Gasteiger partial charge in [-0.05, 0) is 49.4 Å². The topological polar surface area (TPSA) is 56.8 Å². The molecule has 0 saturated carbocycles. The van der Waals surface area contributed by atoms with Crippen LogP contribution in [0.4, 0.5) is 8.78 Å². The summed E-state index contributed by atoms with van der Waals surface area (Å²) in [6.07, 6.45) is 2.75. The van der Waals surface area contributed by atoms with Crippen LogP contribution in [0, 0.1) is 11.8 Å². The van der Waals surface area contributed by atoms with E-state index in [4.69, 9.17) is 9.47 Å². The predicted molar refractivity (Wildman–Crippen MR) is 86.8 cm³/mol. The van der Waals surface area contributed by atoms with Crippen LogP contribution < -0.4 is 10.1 Å². The summed E-state index contributed by atoms with van der Waals surface area (Å²) >= 11 is 0. The average Bonchev–Trinajstić information content (AvgIpc) is 2.63. The molecule has 5 nitrogen and oxygen atoms in total. The Morgan fingerprint density at radius 3 is 2.44 bits per heavy atom. The highest BCUT2D eigenvalue weighted by Crippen LogP contribution is 2.30. The highest BCUT2D eigenvalue weighted by molar-refractivity contribution is 5.94. The zero-order valence-electron chi connectivity index (χ0n) is 14.0. The third-order valence-electron chi connectivity index (χ3n) is 4.93. The number of halogens is 2. The van der Waals surface area contributed by atoms with Gasteiger partial charge in [0.15, 0.2) is 0 Å². The van der Waals surface area contributed by atoms with Crippen LogP contribution in [0.2, 0.25) is 0 Å². The van der Waals surface area contributed by atoms with Crippen LogP contribution in [0.25, 0.3) is 0 Å². The second-order valence-corrected chi connectivity index (χ2v) is 6.46. The van der Waals surface area contributed by atoms with Crippen LogP contribution in [0.1, 0.15) is 29.6 Å². The van der Waals surface area contributed by atoms with Crippen molar-refractivity contribution in [3.05, 3.63) is 29.8 Å². The summed E-state index contributed by atoms with van der Waals surface area (Å²) in [6.45, 7) is -0.0779. The second-order valence-electron chi connectivity index (χ2n) is 6.46. The lowest BCUT2D eigenvalue weighted by molar-refractivity contribution is -0.0498. The highest BCUT2D eigenvalue weighted by Gasteiger charge is 2.34. The first kappa shape index (κ1) is 18.1. The van der Waals surface area contributed by atoms with E-state index < -0.39 is 6.61 Å². The van der Waals surface area contributed by atoms with E-state index in [-0.39, 0.29) is 23.6 Å². The Morgan fingerprint density at radius 1 is 1.08 bits per heavy atom. The summed E-state index contributed by atoms with van der Waals surface area (Å²) in [7, 11) is 0. The zero-order valence-corrected chi connectivity index (χ0v) is 14.0. The Hall–Kier alpha value is -1.73. The smallest absolute Gasteiger partial charge is 0.387 e. The molecule has 2 aliphatic heterocycles. The number of hydrogen-bond donors (Lipinski definition) is 1. The minimum Gasteiger partial charge on any atom is -0.435 e. The van der Waals surface area contributed by atoms with Gasteiger partial charge in [0.25, 0.3) is 5.91 Å². The van der Waals surface area contributed by atoms with Gasteiger partial charge < -0.3 is 19.5 Å². The summed E-state index contributed by atoms with van der Waals surface area (Å²) in [5.74, 6) is 0.606. The summed E-state index contributed by atoms with van der Waals surface area (Å²) in [5.41, 5.74) is 0.429. The van der Waals surface area contributed by atoms with E-state index in [1.54, 1.807) is 0 Å². The number of carbonyl (C=O) groups is 1. The molecule has 2 heterocycles. The summed E-state index contributed by atoms with van der Waals surface area (Å²) in [4.78, 5) is 12.5. The van der Waals surface area contributed by atoms with Gasteiger partial charge >= 0.3 is 6.61 Å². The fourth-order valence-electron chi connectivity index (χ4n) is 3.59. The third-order valence-corrected chi connectivity index (χ3v) is 4.93. The largest absolute Gasteiger partial charge is 0.435 e. The van der Waals surface area contributed by atoms with E-state index in [2.05, 4.69) is 10.1 Å². The molecule has 2 saturated heterocycles. The molecule has 0 aromatic heterocycles. The monoisotopic (exact) mass is 355 g/mol. The van der Waals surface area contributed by atoms with Crippen molar-refractivity contribution in [2.75, 3.05) is 26.4 Å². The molecule has 1 aromatic rings. The minimum atomic E-state index is -2.87. The van der Waals surface area contributed by atoms with Gasteiger partial charge in [-0.25, -0.2) is 0 Å². The van der Waals surface area contributed by atoms with Gasteiger partial charge in [-0.15, -0.1) is 0 Å². The molecular formula is C18H23F2NO4. The van der Waals surface area contributed by atoms with E-state index in [0.29, 0.717) is 24.7 Å². The number of alkyl halides is 2. The molecular weight excluding hydrogens is 332 g/mol. The van der Waals surface area contributed by atoms with Gasteiger partial charge in [-0.3, -0.25) is 4.79 Å². The lowest BCUT2D eigenvalue weighted by atomic mass is 9.79. The minimum absolute atomic E-state index is 0.0395. The number of benzene rings is 1. The Kier molecular flexibility index (Phi) is 6.20. The number of nitrogens with one attached hydrogen (secondary N) is 1. The van der Waals surface area contributed by atoms with Gasteiger partial charge in [0.05, 0.1) is 6.61 Å². The SMILES string of the molecule is O=C(N[C@H]1CCOC[C@H]1C1CCOCC1)c1ccc(OC(F)F)cc1. The van der Waals surface area contributed by atoms with Crippen LogP contribution in [-0.2, 0) is 9.47 Å². The first-order valence-corrected chi connectivity index (χ1v) is 8.64. The quantitative estimate of drug-likeness (QED) is 0.882. The van der Waals surface area contributed by atoms with Crippen LogP contribution in [0.5, 0.6) is 5.75 Å². The van der Waals surface area contributed by atoms with Crippen molar-refractivity contribution in [2.24, 2.45) is 11.8 Å². The third kappa shape index (κ3) is 4.89. The Balaban J connectivity index is 1.61. The van der Waals surface area contributed by atoms with E-state index in [1.165, 1.54) is 24.3 Å². The molecule has 2 atom stereocenters. The van der Waals surface area contributed by atoms with E-state index in [9.17, 15) is 13.6 Å². The molecule has 7 heteroatoms. The Labute approximate surface area is 145 Å². The van der Waals surface area contributed by atoms with Crippen molar-refractivity contribution in [1.82, 2.24) is 5.32 Å².